The van der Waals surface area contributed by atoms with E-state index in [2.05, 4.69) is 0 Å². The molecule has 0 aromatic heterocycles. The third-order valence-corrected chi connectivity index (χ3v) is 2.03. The zero-order valence-corrected chi connectivity index (χ0v) is 8.00. The molecular weight excluding hydrogens is 166 g/mol. The Morgan fingerprint density at radius 2 is 2.15 bits per heavy atom. The normalized spacial score (nSPS) is 10.1. The highest BCUT2D eigenvalue weighted by Crippen LogP contribution is 2.33. The van der Waals surface area contributed by atoms with Gasteiger partial charge in [-0.15, -0.1) is 0 Å². The maximum Gasteiger partial charge on any atom is 0.163 e. The molecule has 0 bridgehead atoms. The molecule has 0 fully saturated rings. The van der Waals surface area contributed by atoms with Gasteiger partial charge >= 0.3 is 0 Å². The van der Waals surface area contributed by atoms with Crippen LogP contribution in [0.1, 0.15) is 11.1 Å². The summed E-state index contributed by atoms with van der Waals surface area (Å²) in [6.07, 6.45) is 0.669. The number of hydrogen-bond acceptors (Lipinski definition) is 3. The first-order valence-electron chi connectivity index (χ1n) is 4.26. The van der Waals surface area contributed by atoms with E-state index in [0.29, 0.717) is 18.7 Å². The molecule has 1 rings (SSSR count). The predicted octanol–water partition coefficient (Wildman–Crippen LogP) is 1.21. The molecule has 1 aromatic rings. The fourth-order valence-corrected chi connectivity index (χ4v) is 1.33. The summed E-state index contributed by atoms with van der Waals surface area (Å²) >= 11 is 0. The third-order valence-electron chi connectivity index (χ3n) is 2.03. The lowest BCUT2D eigenvalue weighted by Crippen LogP contribution is -2.03. The van der Waals surface area contributed by atoms with Crippen LogP contribution >= 0.6 is 0 Å². The van der Waals surface area contributed by atoms with Crippen LogP contribution in [0.4, 0.5) is 0 Å². The van der Waals surface area contributed by atoms with Gasteiger partial charge < -0.3 is 15.6 Å². The van der Waals surface area contributed by atoms with Crippen LogP contribution in [0, 0.1) is 6.92 Å². The highest BCUT2D eigenvalue weighted by molar-refractivity contribution is 5.50. The van der Waals surface area contributed by atoms with Crippen molar-refractivity contribution in [2.24, 2.45) is 5.73 Å². The molecule has 3 N–H and O–H groups in total. The monoisotopic (exact) mass is 181 g/mol. The summed E-state index contributed by atoms with van der Waals surface area (Å²) < 4.78 is 5.07. The molecule has 0 spiro atoms. The number of aryl methyl sites for hydroxylation is 1. The molecule has 13 heavy (non-hydrogen) atoms. The lowest BCUT2D eigenvalue weighted by molar-refractivity contribution is 0.368. The van der Waals surface area contributed by atoms with Gasteiger partial charge in [0.15, 0.2) is 11.5 Å². The smallest absolute Gasteiger partial charge is 0.163 e. The Morgan fingerprint density at radius 3 is 2.69 bits per heavy atom. The van der Waals surface area contributed by atoms with Gasteiger partial charge in [-0.25, -0.2) is 0 Å². The van der Waals surface area contributed by atoms with Crippen LogP contribution in [0.5, 0.6) is 11.5 Å². The van der Waals surface area contributed by atoms with E-state index in [1.54, 1.807) is 7.11 Å². The van der Waals surface area contributed by atoms with E-state index < -0.39 is 0 Å². The fourth-order valence-electron chi connectivity index (χ4n) is 1.33. The standard InChI is InChI=1S/C10H15NO2/c1-7-3-4-8(5-6-11)9(12)10(7)13-2/h3-4,12H,5-6,11H2,1-2H3. The number of aromatic hydroxyl groups is 1. The average molecular weight is 181 g/mol. The SMILES string of the molecule is COc1c(C)ccc(CCN)c1O. The zero-order valence-electron chi connectivity index (χ0n) is 8.00. The van der Waals surface area contributed by atoms with Gasteiger partial charge in [0.2, 0.25) is 0 Å². The quantitative estimate of drug-likeness (QED) is 0.737. The summed E-state index contributed by atoms with van der Waals surface area (Å²) in [6, 6.07) is 3.80. The number of benzene rings is 1. The zero-order chi connectivity index (χ0) is 9.84. The van der Waals surface area contributed by atoms with Gasteiger partial charge in [0, 0.05) is 0 Å². The van der Waals surface area contributed by atoms with Crippen LogP contribution in [0.15, 0.2) is 12.1 Å². The van der Waals surface area contributed by atoms with Crippen molar-refractivity contribution in [3.05, 3.63) is 23.3 Å². The largest absolute Gasteiger partial charge is 0.504 e. The molecule has 3 heteroatoms. The van der Waals surface area contributed by atoms with Gasteiger partial charge in [-0.3, -0.25) is 0 Å². The molecule has 3 nitrogen and oxygen atoms in total. The van der Waals surface area contributed by atoms with Gasteiger partial charge in [0.05, 0.1) is 7.11 Å². The van der Waals surface area contributed by atoms with Crippen molar-refractivity contribution in [2.45, 2.75) is 13.3 Å². The van der Waals surface area contributed by atoms with Crippen LogP contribution in [-0.2, 0) is 6.42 Å². The van der Waals surface area contributed by atoms with Crippen molar-refractivity contribution >= 4 is 0 Å². The van der Waals surface area contributed by atoms with E-state index in [-0.39, 0.29) is 5.75 Å². The summed E-state index contributed by atoms with van der Waals surface area (Å²) in [5.41, 5.74) is 7.18. The minimum Gasteiger partial charge on any atom is -0.504 e. The van der Waals surface area contributed by atoms with Crippen LogP contribution in [0.2, 0.25) is 0 Å². The minimum absolute atomic E-state index is 0.216. The van der Waals surface area contributed by atoms with E-state index in [4.69, 9.17) is 10.5 Å². The molecule has 0 aliphatic rings. The molecule has 0 unspecified atom stereocenters. The van der Waals surface area contributed by atoms with E-state index in [0.717, 1.165) is 11.1 Å². The molecule has 1 aromatic carbocycles. The Labute approximate surface area is 78.1 Å². The highest BCUT2D eigenvalue weighted by atomic mass is 16.5. The number of rotatable bonds is 3. The highest BCUT2D eigenvalue weighted by Gasteiger charge is 2.09. The van der Waals surface area contributed by atoms with Crippen molar-refractivity contribution in [3.8, 4) is 11.5 Å². The summed E-state index contributed by atoms with van der Waals surface area (Å²) in [5, 5.41) is 9.72. The van der Waals surface area contributed by atoms with Gasteiger partial charge in [-0.05, 0) is 31.0 Å². The maximum atomic E-state index is 9.72. The lowest BCUT2D eigenvalue weighted by Gasteiger charge is -2.10. The lowest BCUT2D eigenvalue weighted by atomic mass is 10.1. The number of ether oxygens (including phenoxy) is 1. The van der Waals surface area contributed by atoms with Crippen molar-refractivity contribution in [1.29, 1.82) is 0 Å². The summed E-state index contributed by atoms with van der Waals surface area (Å²) in [7, 11) is 1.55. The average Bonchev–Trinajstić information content (AvgIpc) is 2.11. The van der Waals surface area contributed by atoms with E-state index in [9.17, 15) is 5.11 Å². The van der Waals surface area contributed by atoms with Gasteiger partial charge in [0.1, 0.15) is 0 Å². The molecule has 0 heterocycles. The van der Waals surface area contributed by atoms with Crippen LogP contribution < -0.4 is 10.5 Å². The Balaban J connectivity index is 3.11. The maximum absolute atomic E-state index is 9.72. The second-order valence-corrected chi connectivity index (χ2v) is 2.96. The van der Waals surface area contributed by atoms with Crippen molar-refractivity contribution in [3.63, 3.8) is 0 Å². The third kappa shape index (κ3) is 1.92. The number of hydrogen-bond donors (Lipinski definition) is 2. The first kappa shape index (κ1) is 9.86. The number of phenols is 1. The molecule has 72 valence electrons. The Bertz CT molecular complexity index is 297. The van der Waals surface area contributed by atoms with E-state index in [1.807, 2.05) is 19.1 Å². The fraction of sp³-hybridized carbons (Fsp3) is 0.400. The molecular formula is C10H15NO2. The Morgan fingerprint density at radius 1 is 1.46 bits per heavy atom. The first-order chi connectivity index (χ1) is 6.20. The minimum atomic E-state index is 0.216. The molecule has 0 saturated carbocycles. The number of methoxy groups -OCH3 is 1. The topological polar surface area (TPSA) is 55.5 Å². The van der Waals surface area contributed by atoms with Crippen molar-refractivity contribution < 1.29 is 9.84 Å². The van der Waals surface area contributed by atoms with Crippen LogP contribution in [0.25, 0.3) is 0 Å². The summed E-state index contributed by atoms with van der Waals surface area (Å²) in [5.74, 6) is 0.763. The number of nitrogens with two attached hydrogens (primary N) is 1. The van der Waals surface area contributed by atoms with E-state index in [1.165, 1.54) is 0 Å². The Kier molecular flexibility index (Phi) is 3.14. The van der Waals surface area contributed by atoms with E-state index >= 15 is 0 Å². The van der Waals surface area contributed by atoms with Crippen LogP contribution in [0.3, 0.4) is 0 Å². The molecule has 0 radical (unpaired) electrons. The molecule has 0 saturated heterocycles. The second-order valence-electron chi connectivity index (χ2n) is 2.96. The molecule has 0 aliphatic heterocycles. The van der Waals surface area contributed by atoms with Gasteiger partial charge in [0.25, 0.3) is 0 Å². The predicted molar refractivity (Wildman–Crippen MR) is 52.2 cm³/mol. The molecule has 0 aliphatic carbocycles. The summed E-state index contributed by atoms with van der Waals surface area (Å²) in [6.45, 7) is 2.42. The molecule has 0 amide bonds. The van der Waals surface area contributed by atoms with Gasteiger partial charge in [-0.1, -0.05) is 12.1 Å². The molecule has 0 atom stereocenters. The Hall–Kier alpha value is -1.22. The van der Waals surface area contributed by atoms with Crippen molar-refractivity contribution in [2.75, 3.05) is 13.7 Å². The number of phenolic OH excluding ortho intramolecular Hbond substituents is 1. The second kappa shape index (κ2) is 4.14. The van der Waals surface area contributed by atoms with Gasteiger partial charge in [-0.2, -0.15) is 0 Å². The van der Waals surface area contributed by atoms with Crippen molar-refractivity contribution in [1.82, 2.24) is 0 Å². The van der Waals surface area contributed by atoms with Crippen LogP contribution in [-0.4, -0.2) is 18.8 Å². The summed E-state index contributed by atoms with van der Waals surface area (Å²) in [4.78, 5) is 0. The first-order valence-corrected chi connectivity index (χ1v) is 4.26.